The minimum Gasteiger partial charge on any atom is -0.453 e. The van der Waals surface area contributed by atoms with Crippen molar-refractivity contribution in [2.24, 2.45) is 11.7 Å². The van der Waals surface area contributed by atoms with Crippen LogP contribution in [0.4, 0.5) is 4.79 Å². The standard InChI is InChI=1S/C33H40ClN3O4/c1-23-8-3-11-26(18-23)31-28(13-5-14-29(31)34)33(40,15-7-16-36-32(39)41-2)27-12-6-17-37(22-27)30(38)20-24-9-4-10-25(19-24)21-35/h3-5,8-11,13-14,18-19,27,40H,6-7,12,15-17,20-22,35H2,1-2H3,(H,36,39). The number of nitrogens with two attached hydrogens (primary N) is 1. The van der Waals surface area contributed by atoms with E-state index in [1.54, 1.807) is 0 Å². The predicted octanol–water partition coefficient (Wildman–Crippen LogP) is 5.58. The Labute approximate surface area is 247 Å². The molecule has 7 nitrogen and oxygen atoms in total. The summed E-state index contributed by atoms with van der Waals surface area (Å²) >= 11 is 6.82. The van der Waals surface area contributed by atoms with Gasteiger partial charge in [-0.2, -0.15) is 0 Å². The fourth-order valence-electron chi connectivity index (χ4n) is 5.90. The predicted molar refractivity (Wildman–Crippen MR) is 163 cm³/mol. The number of aliphatic hydroxyl groups is 1. The lowest BCUT2D eigenvalue weighted by Gasteiger charge is -2.44. The zero-order valence-electron chi connectivity index (χ0n) is 23.9. The van der Waals surface area contributed by atoms with Gasteiger partial charge in [0.25, 0.3) is 0 Å². The van der Waals surface area contributed by atoms with Crippen LogP contribution in [0, 0.1) is 12.8 Å². The van der Waals surface area contributed by atoms with Crippen molar-refractivity contribution >= 4 is 23.6 Å². The number of carbonyl (C=O) groups excluding carboxylic acids is 2. The molecule has 2 unspecified atom stereocenters. The summed E-state index contributed by atoms with van der Waals surface area (Å²) in [6, 6.07) is 21.5. The van der Waals surface area contributed by atoms with E-state index in [-0.39, 0.29) is 18.2 Å². The van der Waals surface area contributed by atoms with Crippen LogP contribution in [0.25, 0.3) is 11.1 Å². The molecule has 41 heavy (non-hydrogen) atoms. The highest BCUT2D eigenvalue weighted by Crippen LogP contribution is 2.45. The molecule has 218 valence electrons. The maximum atomic E-state index is 13.5. The summed E-state index contributed by atoms with van der Waals surface area (Å²) < 4.78 is 4.71. The molecule has 1 fully saturated rings. The maximum absolute atomic E-state index is 13.5. The highest BCUT2D eigenvalue weighted by molar-refractivity contribution is 6.33. The van der Waals surface area contributed by atoms with E-state index in [9.17, 15) is 14.7 Å². The first-order valence-corrected chi connectivity index (χ1v) is 14.6. The zero-order valence-corrected chi connectivity index (χ0v) is 24.6. The van der Waals surface area contributed by atoms with Gasteiger partial charge in [0, 0.05) is 42.7 Å². The molecule has 2 amide bonds. The lowest BCUT2D eigenvalue weighted by molar-refractivity contribution is -0.136. The van der Waals surface area contributed by atoms with Gasteiger partial charge < -0.3 is 25.8 Å². The third kappa shape index (κ3) is 7.47. The zero-order chi connectivity index (χ0) is 29.4. The fraction of sp³-hybridized carbons (Fsp3) is 0.394. The number of nitrogens with one attached hydrogen (secondary N) is 1. The Morgan fingerprint density at radius 3 is 2.63 bits per heavy atom. The Morgan fingerprint density at radius 1 is 1.12 bits per heavy atom. The number of hydrogen-bond acceptors (Lipinski definition) is 5. The van der Waals surface area contributed by atoms with Crippen molar-refractivity contribution in [1.29, 1.82) is 0 Å². The van der Waals surface area contributed by atoms with Crippen LogP contribution in [0.3, 0.4) is 0 Å². The lowest BCUT2D eigenvalue weighted by Crippen LogP contribution is -2.49. The number of carbonyl (C=O) groups is 2. The van der Waals surface area contributed by atoms with Crippen LogP contribution in [-0.4, -0.2) is 48.8 Å². The van der Waals surface area contributed by atoms with Gasteiger partial charge in [0.2, 0.25) is 5.91 Å². The lowest BCUT2D eigenvalue weighted by atomic mass is 9.72. The SMILES string of the molecule is COC(=O)NCCCC(O)(c1cccc(Cl)c1-c1cccc(C)c1)C1CCCN(C(=O)Cc2cccc(CN)c2)C1. The maximum Gasteiger partial charge on any atom is 0.406 e. The van der Waals surface area contributed by atoms with Crippen LogP contribution in [0.1, 0.15) is 47.9 Å². The summed E-state index contributed by atoms with van der Waals surface area (Å²) in [7, 11) is 1.33. The average molecular weight is 578 g/mol. The van der Waals surface area contributed by atoms with Crippen molar-refractivity contribution in [3.05, 3.63) is 94.0 Å². The number of ether oxygens (including phenoxy) is 1. The van der Waals surface area contributed by atoms with Gasteiger partial charge in [-0.05, 0) is 60.9 Å². The van der Waals surface area contributed by atoms with E-state index in [1.807, 2.05) is 72.5 Å². The molecule has 0 aromatic heterocycles. The number of amides is 2. The van der Waals surface area contributed by atoms with Crippen LogP contribution in [0.5, 0.6) is 0 Å². The Bertz CT molecular complexity index is 1360. The fourth-order valence-corrected chi connectivity index (χ4v) is 6.19. The summed E-state index contributed by atoms with van der Waals surface area (Å²) in [4.78, 5) is 27.0. The molecule has 2 atom stereocenters. The monoisotopic (exact) mass is 577 g/mol. The summed E-state index contributed by atoms with van der Waals surface area (Å²) in [6.45, 7) is 3.87. The Balaban J connectivity index is 1.65. The van der Waals surface area contributed by atoms with Crippen molar-refractivity contribution < 1.29 is 19.4 Å². The molecule has 4 rings (SSSR count). The Kier molecular flexibility index (Phi) is 10.4. The molecule has 0 aliphatic carbocycles. The number of halogens is 1. The molecule has 0 spiro atoms. The van der Waals surface area contributed by atoms with E-state index < -0.39 is 11.7 Å². The number of hydrogen-bond donors (Lipinski definition) is 3. The molecule has 0 radical (unpaired) electrons. The Hall–Kier alpha value is -3.39. The largest absolute Gasteiger partial charge is 0.453 e. The van der Waals surface area contributed by atoms with Crippen LogP contribution < -0.4 is 11.1 Å². The van der Waals surface area contributed by atoms with Crippen molar-refractivity contribution in [2.45, 2.75) is 51.2 Å². The number of methoxy groups -OCH3 is 1. The van der Waals surface area contributed by atoms with Gasteiger partial charge in [0.1, 0.15) is 0 Å². The van der Waals surface area contributed by atoms with Gasteiger partial charge >= 0.3 is 6.09 Å². The van der Waals surface area contributed by atoms with Crippen molar-refractivity contribution in [1.82, 2.24) is 10.2 Å². The second-order valence-corrected chi connectivity index (χ2v) is 11.3. The minimum atomic E-state index is -1.29. The molecular formula is C33H40ClN3O4. The summed E-state index contributed by atoms with van der Waals surface area (Å²) in [5, 5.41) is 15.9. The number of aryl methyl sites for hydroxylation is 1. The second kappa shape index (κ2) is 14.0. The van der Waals surface area contributed by atoms with Gasteiger partial charge in [-0.15, -0.1) is 0 Å². The highest BCUT2D eigenvalue weighted by Gasteiger charge is 2.42. The molecule has 1 saturated heterocycles. The number of piperidine rings is 1. The van der Waals surface area contributed by atoms with E-state index in [4.69, 9.17) is 22.1 Å². The van der Waals surface area contributed by atoms with Gasteiger partial charge in [-0.3, -0.25) is 4.79 Å². The number of alkyl carbamates (subject to hydrolysis) is 1. The first kappa shape index (κ1) is 30.6. The highest BCUT2D eigenvalue weighted by atomic mass is 35.5. The molecule has 1 heterocycles. The van der Waals surface area contributed by atoms with Crippen LogP contribution in [0.2, 0.25) is 5.02 Å². The van der Waals surface area contributed by atoms with Crippen molar-refractivity contribution in [3.63, 3.8) is 0 Å². The van der Waals surface area contributed by atoms with Crippen LogP contribution >= 0.6 is 11.6 Å². The first-order chi connectivity index (χ1) is 19.7. The normalized spacial score (nSPS) is 16.6. The summed E-state index contributed by atoms with van der Waals surface area (Å²) in [5.74, 6) is -0.195. The van der Waals surface area contributed by atoms with Crippen molar-refractivity contribution in [3.8, 4) is 11.1 Å². The second-order valence-electron chi connectivity index (χ2n) is 10.9. The van der Waals surface area contributed by atoms with Gasteiger partial charge in [-0.25, -0.2) is 4.79 Å². The average Bonchev–Trinajstić information content (AvgIpc) is 2.99. The minimum absolute atomic E-state index is 0.0311. The van der Waals surface area contributed by atoms with Gasteiger partial charge in [0.05, 0.1) is 19.1 Å². The Morgan fingerprint density at radius 2 is 1.88 bits per heavy atom. The van der Waals surface area contributed by atoms with E-state index in [0.29, 0.717) is 44.0 Å². The molecule has 3 aromatic rings. The van der Waals surface area contributed by atoms with E-state index >= 15 is 0 Å². The molecular weight excluding hydrogens is 538 g/mol. The quantitative estimate of drug-likeness (QED) is 0.273. The number of rotatable bonds is 10. The molecule has 1 aliphatic rings. The molecule has 4 N–H and O–H groups in total. The molecule has 3 aromatic carbocycles. The third-order valence-corrected chi connectivity index (χ3v) is 8.32. The number of likely N-dealkylation sites (tertiary alicyclic amines) is 1. The van der Waals surface area contributed by atoms with Crippen LogP contribution in [-0.2, 0) is 28.1 Å². The topological polar surface area (TPSA) is 105 Å². The van der Waals surface area contributed by atoms with E-state index in [1.165, 1.54) is 7.11 Å². The smallest absolute Gasteiger partial charge is 0.406 e. The van der Waals surface area contributed by atoms with Gasteiger partial charge in [-0.1, -0.05) is 77.8 Å². The molecule has 1 aliphatic heterocycles. The molecule has 8 heteroatoms. The van der Waals surface area contributed by atoms with E-state index in [2.05, 4.69) is 11.4 Å². The molecule has 0 bridgehead atoms. The molecule has 0 saturated carbocycles. The van der Waals surface area contributed by atoms with Crippen LogP contribution in [0.15, 0.2) is 66.7 Å². The summed E-state index contributed by atoms with van der Waals surface area (Å²) in [6.07, 6.45) is 2.21. The summed E-state index contributed by atoms with van der Waals surface area (Å²) in [5.41, 5.74) is 9.99. The third-order valence-electron chi connectivity index (χ3n) is 8.01. The number of benzene rings is 3. The van der Waals surface area contributed by atoms with Crippen molar-refractivity contribution in [2.75, 3.05) is 26.7 Å². The van der Waals surface area contributed by atoms with Gasteiger partial charge in [0.15, 0.2) is 0 Å². The first-order valence-electron chi connectivity index (χ1n) is 14.2. The van der Waals surface area contributed by atoms with E-state index in [0.717, 1.165) is 46.2 Å². The number of nitrogens with zero attached hydrogens (tertiary/aromatic N) is 1.